The van der Waals surface area contributed by atoms with Crippen molar-refractivity contribution in [3.8, 4) is 0 Å². The van der Waals surface area contributed by atoms with Gasteiger partial charge in [0.1, 0.15) is 0 Å². The first-order valence-corrected chi connectivity index (χ1v) is 6.64. The van der Waals surface area contributed by atoms with Crippen molar-refractivity contribution in [2.45, 2.75) is 0 Å². The summed E-state index contributed by atoms with van der Waals surface area (Å²) in [7, 11) is 0. The Morgan fingerprint density at radius 2 is 1.83 bits per heavy atom. The lowest BCUT2D eigenvalue weighted by atomic mass is 10.2. The molecule has 0 atom stereocenters. The van der Waals surface area contributed by atoms with E-state index in [1.165, 1.54) is 0 Å². The van der Waals surface area contributed by atoms with Crippen LogP contribution in [0.3, 0.4) is 0 Å². The minimum Gasteiger partial charge on any atom is -0.321 e. The molecule has 92 valence electrons. The van der Waals surface area contributed by atoms with Crippen LogP contribution >= 0.6 is 39.1 Å². The van der Waals surface area contributed by atoms with Crippen molar-refractivity contribution in [3.05, 3.63) is 62.5 Å². The molecule has 18 heavy (non-hydrogen) atoms. The lowest BCUT2D eigenvalue weighted by molar-refractivity contribution is 0.102. The molecule has 2 nitrogen and oxygen atoms in total. The molecule has 0 radical (unpaired) electrons. The molecule has 1 amide bonds. The van der Waals surface area contributed by atoms with Gasteiger partial charge in [0, 0.05) is 9.50 Å². The van der Waals surface area contributed by atoms with Crippen molar-refractivity contribution < 1.29 is 4.79 Å². The van der Waals surface area contributed by atoms with E-state index in [0.717, 1.165) is 4.47 Å². The maximum atomic E-state index is 12.0. The quantitative estimate of drug-likeness (QED) is 0.815. The van der Waals surface area contributed by atoms with E-state index in [1.807, 2.05) is 0 Å². The molecule has 0 aliphatic rings. The predicted molar refractivity (Wildman–Crippen MR) is 78.6 cm³/mol. The van der Waals surface area contributed by atoms with Gasteiger partial charge >= 0.3 is 0 Å². The van der Waals surface area contributed by atoms with Gasteiger partial charge in [-0.15, -0.1) is 0 Å². The largest absolute Gasteiger partial charge is 0.321 e. The summed E-state index contributed by atoms with van der Waals surface area (Å²) in [5, 5.41) is 3.71. The number of anilines is 1. The van der Waals surface area contributed by atoms with Gasteiger partial charge in [0.25, 0.3) is 5.91 Å². The Morgan fingerprint density at radius 1 is 1.11 bits per heavy atom. The lowest BCUT2D eigenvalue weighted by Crippen LogP contribution is -2.12. The highest BCUT2D eigenvalue weighted by molar-refractivity contribution is 9.10. The SMILES string of the molecule is O=C(Nc1cc(Cl)ccc1Br)c1ccccc1Cl. The summed E-state index contributed by atoms with van der Waals surface area (Å²) < 4.78 is 0.757. The van der Waals surface area contributed by atoms with Crippen LogP contribution in [0.1, 0.15) is 10.4 Å². The van der Waals surface area contributed by atoms with Gasteiger partial charge in [0.15, 0.2) is 0 Å². The van der Waals surface area contributed by atoms with E-state index >= 15 is 0 Å². The zero-order valence-electron chi connectivity index (χ0n) is 9.08. The number of benzene rings is 2. The minimum absolute atomic E-state index is 0.274. The first kappa shape index (κ1) is 13.4. The van der Waals surface area contributed by atoms with Crippen molar-refractivity contribution in [3.63, 3.8) is 0 Å². The van der Waals surface area contributed by atoms with E-state index < -0.39 is 0 Å². The first-order valence-electron chi connectivity index (χ1n) is 5.09. The molecule has 0 heterocycles. The zero-order chi connectivity index (χ0) is 13.1. The third-order valence-electron chi connectivity index (χ3n) is 2.30. The normalized spacial score (nSPS) is 10.2. The van der Waals surface area contributed by atoms with Crippen molar-refractivity contribution in [1.29, 1.82) is 0 Å². The van der Waals surface area contributed by atoms with Crippen LogP contribution in [-0.2, 0) is 0 Å². The average Bonchev–Trinajstić information content (AvgIpc) is 2.34. The van der Waals surface area contributed by atoms with E-state index in [9.17, 15) is 4.79 Å². The van der Waals surface area contributed by atoms with Gasteiger partial charge in [-0.2, -0.15) is 0 Å². The van der Waals surface area contributed by atoms with Crippen LogP contribution in [0.15, 0.2) is 46.9 Å². The Hall–Kier alpha value is -1.03. The summed E-state index contributed by atoms with van der Waals surface area (Å²) in [5.41, 5.74) is 1.03. The van der Waals surface area contributed by atoms with E-state index in [4.69, 9.17) is 23.2 Å². The van der Waals surface area contributed by atoms with E-state index in [-0.39, 0.29) is 5.91 Å². The topological polar surface area (TPSA) is 29.1 Å². The van der Waals surface area contributed by atoms with E-state index in [2.05, 4.69) is 21.2 Å². The molecule has 5 heteroatoms. The second-order valence-corrected chi connectivity index (χ2v) is 5.26. The van der Waals surface area contributed by atoms with Crippen LogP contribution in [0, 0.1) is 0 Å². The number of rotatable bonds is 2. The molecule has 0 bridgehead atoms. The van der Waals surface area contributed by atoms with Crippen LogP contribution in [0.4, 0.5) is 5.69 Å². The molecule has 0 aliphatic heterocycles. The third kappa shape index (κ3) is 3.05. The number of hydrogen-bond donors (Lipinski definition) is 1. The summed E-state index contributed by atoms with van der Waals surface area (Å²) in [6.07, 6.45) is 0. The minimum atomic E-state index is -0.274. The van der Waals surface area contributed by atoms with Gasteiger partial charge in [-0.1, -0.05) is 35.3 Å². The molecule has 2 aromatic carbocycles. The molecular formula is C13H8BrCl2NO. The number of amides is 1. The summed E-state index contributed by atoms with van der Waals surface area (Å²) >= 11 is 15.2. The predicted octanol–water partition coefficient (Wildman–Crippen LogP) is 5.01. The van der Waals surface area contributed by atoms with Crippen molar-refractivity contribution in [2.24, 2.45) is 0 Å². The van der Waals surface area contributed by atoms with Crippen LogP contribution in [0.25, 0.3) is 0 Å². The molecule has 2 rings (SSSR count). The maximum Gasteiger partial charge on any atom is 0.257 e. The van der Waals surface area contributed by atoms with Gasteiger partial charge in [0.2, 0.25) is 0 Å². The molecule has 2 aromatic rings. The number of nitrogens with one attached hydrogen (secondary N) is 1. The number of carbonyl (C=O) groups is 1. The third-order valence-corrected chi connectivity index (χ3v) is 3.55. The van der Waals surface area contributed by atoms with Crippen molar-refractivity contribution >= 4 is 50.7 Å². The van der Waals surface area contributed by atoms with Gasteiger partial charge in [-0.3, -0.25) is 4.79 Å². The standard InChI is InChI=1S/C13H8BrCl2NO/c14-10-6-5-8(15)7-12(10)17-13(18)9-3-1-2-4-11(9)16/h1-7H,(H,17,18). The monoisotopic (exact) mass is 343 g/mol. The first-order chi connectivity index (χ1) is 8.58. The Labute approximate surface area is 123 Å². The summed E-state index contributed by atoms with van der Waals surface area (Å²) in [6, 6.07) is 12.0. The average molecular weight is 345 g/mol. The molecule has 0 aromatic heterocycles. The number of halogens is 3. The molecule has 0 spiro atoms. The van der Waals surface area contributed by atoms with E-state index in [0.29, 0.717) is 21.3 Å². The fourth-order valence-electron chi connectivity index (χ4n) is 1.43. The fraction of sp³-hybridized carbons (Fsp3) is 0. The highest BCUT2D eigenvalue weighted by Crippen LogP contribution is 2.27. The Bertz CT molecular complexity index is 601. The molecule has 0 saturated carbocycles. The molecule has 0 saturated heterocycles. The van der Waals surface area contributed by atoms with Crippen LogP contribution < -0.4 is 5.32 Å². The Balaban J connectivity index is 2.27. The van der Waals surface area contributed by atoms with Crippen molar-refractivity contribution in [2.75, 3.05) is 5.32 Å². The highest BCUT2D eigenvalue weighted by atomic mass is 79.9. The van der Waals surface area contributed by atoms with Crippen LogP contribution in [-0.4, -0.2) is 5.91 Å². The summed E-state index contributed by atoms with van der Waals surface area (Å²) in [4.78, 5) is 12.0. The Kier molecular flexibility index (Phi) is 4.27. The van der Waals surface area contributed by atoms with Gasteiger partial charge < -0.3 is 5.32 Å². The van der Waals surface area contributed by atoms with Gasteiger partial charge in [0.05, 0.1) is 16.3 Å². The number of carbonyl (C=O) groups excluding carboxylic acids is 1. The van der Waals surface area contributed by atoms with Crippen LogP contribution in [0.2, 0.25) is 10.0 Å². The van der Waals surface area contributed by atoms with Gasteiger partial charge in [-0.05, 0) is 46.3 Å². The molecule has 1 N–H and O–H groups in total. The lowest BCUT2D eigenvalue weighted by Gasteiger charge is -2.08. The Morgan fingerprint density at radius 3 is 2.56 bits per heavy atom. The highest BCUT2D eigenvalue weighted by Gasteiger charge is 2.11. The molecule has 0 unspecified atom stereocenters. The summed E-state index contributed by atoms with van der Waals surface area (Å²) in [6.45, 7) is 0. The zero-order valence-corrected chi connectivity index (χ0v) is 12.2. The summed E-state index contributed by atoms with van der Waals surface area (Å²) in [5.74, 6) is -0.274. The molecule has 0 fully saturated rings. The van der Waals surface area contributed by atoms with E-state index in [1.54, 1.807) is 42.5 Å². The van der Waals surface area contributed by atoms with Crippen LogP contribution in [0.5, 0.6) is 0 Å². The van der Waals surface area contributed by atoms with Gasteiger partial charge in [-0.25, -0.2) is 0 Å². The number of hydrogen-bond acceptors (Lipinski definition) is 1. The smallest absolute Gasteiger partial charge is 0.257 e. The second-order valence-electron chi connectivity index (χ2n) is 3.56. The molecule has 0 aliphatic carbocycles. The maximum absolute atomic E-state index is 12.0. The fourth-order valence-corrected chi connectivity index (χ4v) is 2.17. The van der Waals surface area contributed by atoms with Crippen molar-refractivity contribution in [1.82, 2.24) is 0 Å². The molecular weight excluding hydrogens is 337 g/mol. The second kappa shape index (κ2) is 5.74.